The number of unbranched alkanes of at least 4 members (excludes halogenated alkanes) is 2. The van der Waals surface area contributed by atoms with Crippen molar-refractivity contribution in [3.05, 3.63) is 12.7 Å². The van der Waals surface area contributed by atoms with Gasteiger partial charge in [-0.15, -0.1) is 0 Å². The summed E-state index contributed by atoms with van der Waals surface area (Å²) in [5.41, 5.74) is -1.77. The fourth-order valence-electron chi connectivity index (χ4n) is 1.69. The molecule has 4 heteroatoms. The molecule has 0 saturated carbocycles. The van der Waals surface area contributed by atoms with Gasteiger partial charge in [0, 0.05) is 6.08 Å². The van der Waals surface area contributed by atoms with Gasteiger partial charge in [0.2, 0.25) is 0 Å². The third-order valence-corrected chi connectivity index (χ3v) is 3.32. The molecule has 4 nitrogen and oxygen atoms in total. The molecule has 21 heavy (non-hydrogen) atoms. The molecule has 2 unspecified atom stereocenters. The van der Waals surface area contributed by atoms with Crippen molar-refractivity contribution in [2.75, 3.05) is 0 Å². The molecule has 0 aliphatic heterocycles. The Bertz CT molecular complexity index is 418. The zero-order valence-corrected chi connectivity index (χ0v) is 13.5. The lowest BCUT2D eigenvalue weighted by molar-refractivity contribution is -0.147. The van der Waals surface area contributed by atoms with Crippen LogP contribution in [0.25, 0.3) is 0 Å². The molecule has 2 atom stereocenters. The molecule has 0 amide bonds. The van der Waals surface area contributed by atoms with E-state index in [1.54, 1.807) is 13.8 Å². The van der Waals surface area contributed by atoms with Gasteiger partial charge in [0.15, 0.2) is 11.2 Å². The molecule has 0 spiro atoms. The first-order valence-electron chi connectivity index (χ1n) is 7.36. The van der Waals surface area contributed by atoms with Gasteiger partial charge < -0.3 is 9.47 Å². The van der Waals surface area contributed by atoms with Crippen molar-refractivity contribution in [1.29, 1.82) is 0 Å². The molecular formula is C17H26O4. The Kier molecular flexibility index (Phi) is 8.45. The van der Waals surface area contributed by atoms with Gasteiger partial charge in [0.05, 0.1) is 0 Å². The zero-order valence-electron chi connectivity index (χ0n) is 13.5. The maximum atomic E-state index is 11.5. The van der Waals surface area contributed by atoms with Gasteiger partial charge in [-0.3, -0.25) is 4.79 Å². The summed E-state index contributed by atoms with van der Waals surface area (Å²) in [6, 6.07) is 0. The minimum Gasteiger partial charge on any atom is -0.448 e. The molecular weight excluding hydrogens is 268 g/mol. The molecule has 0 heterocycles. The van der Waals surface area contributed by atoms with E-state index < -0.39 is 17.2 Å². The van der Waals surface area contributed by atoms with Gasteiger partial charge in [0.1, 0.15) is 0 Å². The first-order valence-corrected chi connectivity index (χ1v) is 7.36. The van der Waals surface area contributed by atoms with E-state index in [-0.39, 0.29) is 0 Å². The summed E-state index contributed by atoms with van der Waals surface area (Å²) in [5.74, 6) is 5.40. The van der Waals surface area contributed by atoms with Gasteiger partial charge in [-0.25, -0.2) is 4.79 Å². The van der Waals surface area contributed by atoms with Gasteiger partial charge in [0.25, 0.3) is 6.47 Å². The number of carbonyl (C=O) groups excluding carboxylic acids is 2. The van der Waals surface area contributed by atoms with Crippen molar-refractivity contribution < 1.29 is 19.1 Å². The van der Waals surface area contributed by atoms with Crippen LogP contribution in [0.4, 0.5) is 0 Å². The predicted molar refractivity (Wildman–Crippen MR) is 82.5 cm³/mol. The summed E-state index contributed by atoms with van der Waals surface area (Å²) in [4.78, 5) is 22.0. The molecule has 0 aliphatic rings. The van der Waals surface area contributed by atoms with E-state index in [1.165, 1.54) is 0 Å². The predicted octanol–water partition coefficient (Wildman–Crippen LogP) is 3.40. The maximum Gasteiger partial charge on any atom is 0.331 e. The van der Waals surface area contributed by atoms with Crippen molar-refractivity contribution in [3.8, 4) is 11.8 Å². The third kappa shape index (κ3) is 7.55. The lowest BCUT2D eigenvalue weighted by Gasteiger charge is -2.25. The van der Waals surface area contributed by atoms with E-state index in [0.717, 1.165) is 25.3 Å². The Morgan fingerprint density at radius 2 is 1.81 bits per heavy atom. The number of rotatable bonds is 9. The van der Waals surface area contributed by atoms with Crippen molar-refractivity contribution >= 4 is 12.4 Å². The molecule has 0 aromatic heterocycles. The highest BCUT2D eigenvalue weighted by molar-refractivity contribution is 5.81. The van der Waals surface area contributed by atoms with Crippen molar-refractivity contribution in [1.82, 2.24) is 0 Å². The molecule has 0 bridgehead atoms. The highest BCUT2D eigenvalue weighted by Crippen LogP contribution is 2.21. The molecule has 0 saturated heterocycles. The standard InChI is InChI=1S/C17H26O4/c1-6-9-10-11-17(5,21-15(19)7-2)13-12-16(4,8-3)20-14-18/h7,14H,2,6,8-11H2,1,3-5H3. The Labute approximate surface area is 127 Å². The van der Waals surface area contributed by atoms with Crippen LogP contribution in [-0.2, 0) is 19.1 Å². The number of hydrogen-bond acceptors (Lipinski definition) is 4. The van der Waals surface area contributed by atoms with Gasteiger partial charge in [-0.2, -0.15) is 0 Å². The summed E-state index contributed by atoms with van der Waals surface area (Å²) in [5, 5.41) is 0. The van der Waals surface area contributed by atoms with Crippen molar-refractivity contribution in [2.45, 2.75) is 71.0 Å². The molecule has 0 radical (unpaired) electrons. The van der Waals surface area contributed by atoms with E-state index in [4.69, 9.17) is 9.47 Å². The monoisotopic (exact) mass is 294 g/mol. The average molecular weight is 294 g/mol. The number of ether oxygens (including phenoxy) is 2. The first kappa shape index (κ1) is 19.2. The lowest BCUT2D eigenvalue weighted by Crippen LogP contribution is -2.32. The molecule has 0 aromatic rings. The Morgan fingerprint density at radius 1 is 1.19 bits per heavy atom. The van der Waals surface area contributed by atoms with Crippen LogP contribution in [0, 0.1) is 11.8 Å². The maximum absolute atomic E-state index is 11.5. The summed E-state index contributed by atoms with van der Waals surface area (Å²) < 4.78 is 10.4. The highest BCUT2D eigenvalue weighted by atomic mass is 16.6. The molecule has 0 aromatic carbocycles. The minimum atomic E-state index is -0.900. The largest absolute Gasteiger partial charge is 0.448 e. The summed E-state index contributed by atoms with van der Waals surface area (Å²) >= 11 is 0. The number of hydrogen-bond donors (Lipinski definition) is 0. The fraction of sp³-hybridized carbons (Fsp3) is 0.647. The van der Waals surface area contributed by atoms with Crippen LogP contribution in [0.1, 0.15) is 59.8 Å². The molecule has 0 fully saturated rings. The SMILES string of the molecule is C=CC(=O)OC(C)(C#CC(C)(CC)OC=O)CCCCC. The van der Waals surface area contributed by atoms with E-state index in [1.807, 2.05) is 6.92 Å². The summed E-state index contributed by atoms with van der Waals surface area (Å²) in [6.07, 6.45) is 5.33. The summed E-state index contributed by atoms with van der Waals surface area (Å²) in [7, 11) is 0. The Balaban J connectivity index is 5.16. The van der Waals surface area contributed by atoms with Crippen LogP contribution in [-0.4, -0.2) is 23.6 Å². The minimum absolute atomic E-state index is 0.391. The third-order valence-electron chi connectivity index (χ3n) is 3.32. The molecule has 0 aliphatic carbocycles. The number of carbonyl (C=O) groups is 2. The highest BCUT2D eigenvalue weighted by Gasteiger charge is 2.27. The molecule has 118 valence electrons. The van der Waals surface area contributed by atoms with Crippen LogP contribution >= 0.6 is 0 Å². The number of esters is 1. The first-order chi connectivity index (χ1) is 9.84. The van der Waals surface area contributed by atoms with Crippen molar-refractivity contribution in [2.24, 2.45) is 0 Å². The van der Waals surface area contributed by atoms with Crippen molar-refractivity contribution in [3.63, 3.8) is 0 Å². The zero-order chi connectivity index (χ0) is 16.4. The average Bonchev–Trinajstić information content (AvgIpc) is 2.46. The second-order valence-corrected chi connectivity index (χ2v) is 5.36. The summed E-state index contributed by atoms with van der Waals surface area (Å²) in [6.45, 7) is 11.3. The van der Waals surface area contributed by atoms with E-state index in [0.29, 0.717) is 19.3 Å². The fourth-order valence-corrected chi connectivity index (χ4v) is 1.69. The Hall–Kier alpha value is -1.76. The second kappa shape index (κ2) is 9.23. The van der Waals surface area contributed by atoms with E-state index in [9.17, 15) is 9.59 Å². The second-order valence-electron chi connectivity index (χ2n) is 5.36. The van der Waals surface area contributed by atoms with Crippen LogP contribution in [0.3, 0.4) is 0 Å². The quantitative estimate of drug-likeness (QED) is 0.215. The topological polar surface area (TPSA) is 52.6 Å². The van der Waals surface area contributed by atoms with E-state index >= 15 is 0 Å². The van der Waals surface area contributed by atoms with Crippen LogP contribution < -0.4 is 0 Å². The smallest absolute Gasteiger partial charge is 0.331 e. The molecule has 0 N–H and O–H groups in total. The van der Waals surface area contributed by atoms with Gasteiger partial charge in [-0.05, 0) is 33.1 Å². The normalized spacial score (nSPS) is 15.6. The van der Waals surface area contributed by atoms with Crippen LogP contribution in [0.2, 0.25) is 0 Å². The van der Waals surface area contributed by atoms with E-state index in [2.05, 4.69) is 25.3 Å². The Morgan fingerprint density at radius 3 is 2.29 bits per heavy atom. The molecule has 0 rings (SSSR count). The van der Waals surface area contributed by atoms with Gasteiger partial charge >= 0.3 is 5.97 Å². The van der Waals surface area contributed by atoms with Gasteiger partial charge in [-0.1, -0.05) is 45.1 Å². The lowest BCUT2D eigenvalue weighted by atomic mass is 9.96. The van der Waals surface area contributed by atoms with Crippen LogP contribution in [0.5, 0.6) is 0 Å². The van der Waals surface area contributed by atoms with Crippen LogP contribution in [0.15, 0.2) is 12.7 Å².